The van der Waals surface area contributed by atoms with Crippen molar-refractivity contribution < 1.29 is 4.74 Å². The number of hydrogen-bond donors (Lipinski definition) is 0. The molecule has 2 nitrogen and oxygen atoms in total. The lowest BCUT2D eigenvalue weighted by atomic mass is 10.1. The van der Waals surface area contributed by atoms with Gasteiger partial charge in [-0.05, 0) is 25.8 Å². The molecule has 2 atom stereocenters. The number of rotatable bonds is 6. The Morgan fingerprint density at radius 3 is 2.33 bits per heavy atom. The zero-order chi connectivity index (χ0) is 10.5. The Morgan fingerprint density at radius 1 is 1.00 bits per heavy atom. The minimum atomic E-state index is 0.569. The van der Waals surface area contributed by atoms with Gasteiger partial charge in [-0.2, -0.15) is 0 Å². The van der Waals surface area contributed by atoms with Crippen LogP contribution in [0.4, 0.5) is 0 Å². The first-order valence-electron chi connectivity index (χ1n) is 6.76. The topological polar surface area (TPSA) is 12.5 Å². The minimum Gasteiger partial charge on any atom is -0.372 e. The van der Waals surface area contributed by atoms with E-state index in [-0.39, 0.29) is 0 Å². The van der Waals surface area contributed by atoms with Crippen LogP contribution >= 0.6 is 0 Å². The van der Waals surface area contributed by atoms with Gasteiger partial charge >= 0.3 is 0 Å². The van der Waals surface area contributed by atoms with Crippen LogP contribution in [0.25, 0.3) is 0 Å². The summed E-state index contributed by atoms with van der Waals surface area (Å²) < 4.78 is 5.83. The average molecular weight is 211 g/mol. The van der Waals surface area contributed by atoms with Crippen LogP contribution in [-0.4, -0.2) is 36.7 Å². The van der Waals surface area contributed by atoms with Crippen molar-refractivity contribution in [1.29, 1.82) is 0 Å². The van der Waals surface area contributed by atoms with Crippen molar-refractivity contribution in [2.75, 3.05) is 19.6 Å². The highest BCUT2D eigenvalue weighted by Crippen LogP contribution is 2.26. The van der Waals surface area contributed by atoms with Crippen molar-refractivity contribution in [2.45, 2.75) is 64.1 Å². The van der Waals surface area contributed by atoms with Crippen LogP contribution in [0.15, 0.2) is 0 Å². The Labute approximate surface area is 94.0 Å². The summed E-state index contributed by atoms with van der Waals surface area (Å²) in [6.45, 7) is 5.98. The third kappa shape index (κ3) is 3.46. The van der Waals surface area contributed by atoms with E-state index in [9.17, 15) is 0 Å². The molecular weight excluding hydrogens is 186 g/mol. The SMILES string of the molecule is CCCCCCCN1C[C@H]2CC[C@@H](C1)O2. The van der Waals surface area contributed by atoms with Gasteiger partial charge in [0.2, 0.25) is 0 Å². The molecule has 2 heteroatoms. The maximum atomic E-state index is 5.83. The van der Waals surface area contributed by atoms with Crippen LogP contribution in [0.3, 0.4) is 0 Å². The molecule has 2 aliphatic heterocycles. The van der Waals surface area contributed by atoms with Crippen molar-refractivity contribution in [3.8, 4) is 0 Å². The number of likely N-dealkylation sites (tertiary alicyclic amines) is 1. The summed E-state index contributed by atoms with van der Waals surface area (Å²) in [6.07, 6.45) is 10.7. The number of morpholine rings is 1. The van der Waals surface area contributed by atoms with E-state index < -0.39 is 0 Å². The molecule has 0 N–H and O–H groups in total. The summed E-state index contributed by atoms with van der Waals surface area (Å²) >= 11 is 0. The number of fused-ring (bicyclic) bond motifs is 2. The Kier molecular flexibility index (Phi) is 4.45. The normalized spacial score (nSPS) is 31.0. The molecule has 88 valence electrons. The maximum absolute atomic E-state index is 5.83. The lowest BCUT2D eigenvalue weighted by Gasteiger charge is -2.32. The Bertz CT molecular complexity index is 171. The lowest BCUT2D eigenvalue weighted by molar-refractivity contribution is -0.0385. The second kappa shape index (κ2) is 5.86. The predicted octanol–water partition coefficient (Wildman–Crippen LogP) is 2.82. The number of unbranched alkanes of at least 4 members (excludes halogenated alkanes) is 4. The second-order valence-corrected chi connectivity index (χ2v) is 5.13. The quantitative estimate of drug-likeness (QED) is 0.626. The van der Waals surface area contributed by atoms with Crippen molar-refractivity contribution in [1.82, 2.24) is 4.90 Å². The van der Waals surface area contributed by atoms with Gasteiger partial charge in [-0.3, -0.25) is 4.90 Å². The third-order valence-corrected chi connectivity index (χ3v) is 3.70. The van der Waals surface area contributed by atoms with Crippen molar-refractivity contribution in [2.24, 2.45) is 0 Å². The van der Waals surface area contributed by atoms with E-state index in [0.29, 0.717) is 12.2 Å². The number of nitrogens with zero attached hydrogens (tertiary/aromatic N) is 1. The van der Waals surface area contributed by atoms with E-state index in [1.54, 1.807) is 0 Å². The fourth-order valence-corrected chi connectivity index (χ4v) is 2.82. The monoisotopic (exact) mass is 211 g/mol. The highest BCUT2D eigenvalue weighted by atomic mass is 16.5. The minimum absolute atomic E-state index is 0.569. The summed E-state index contributed by atoms with van der Waals surface area (Å²) in [5.41, 5.74) is 0. The van der Waals surface area contributed by atoms with E-state index in [0.717, 1.165) is 0 Å². The first-order chi connectivity index (χ1) is 7.38. The lowest BCUT2D eigenvalue weighted by Crippen LogP contribution is -2.42. The zero-order valence-electron chi connectivity index (χ0n) is 10.1. The summed E-state index contributed by atoms with van der Waals surface area (Å²) in [6, 6.07) is 0. The van der Waals surface area contributed by atoms with Crippen molar-refractivity contribution in [3.05, 3.63) is 0 Å². The molecule has 2 saturated heterocycles. The highest BCUT2D eigenvalue weighted by Gasteiger charge is 2.32. The molecule has 2 heterocycles. The Hall–Kier alpha value is -0.0800. The second-order valence-electron chi connectivity index (χ2n) is 5.13. The van der Waals surface area contributed by atoms with Crippen LogP contribution in [0.1, 0.15) is 51.9 Å². The smallest absolute Gasteiger partial charge is 0.0707 e. The molecule has 0 aromatic heterocycles. The standard InChI is InChI=1S/C13H25NO/c1-2-3-4-5-6-9-14-10-12-7-8-13(11-14)15-12/h12-13H,2-11H2,1H3/t12-,13+. The van der Waals surface area contributed by atoms with Crippen LogP contribution < -0.4 is 0 Å². The molecule has 2 rings (SSSR count). The summed E-state index contributed by atoms with van der Waals surface area (Å²) in [5.74, 6) is 0. The van der Waals surface area contributed by atoms with E-state index >= 15 is 0 Å². The maximum Gasteiger partial charge on any atom is 0.0707 e. The summed E-state index contributed by atoms with van der Waals surface area (Å²) in [7, 11) is 0. The molecule has 2 aliphatic rings. The van der Waals surface area contributed by atoms with Gasteiger partial charge in [0, 0.05) is 13.1 Å². The molecule has 0 amide bonds. The van der Waals surface area contributed by atoms with Gasteiger partial charge in [-0.25, -0.2) is 0 Å². The summed E-state index contributed by atoms with van der Waals surface area (Å²) in [4.78, 5) is 2.62. The Balaban J connectivity index is 1.56. The van der Waals surface area contributed by atoms with E-state index in [4.69, 9.17) is 4.74 Å². The van der Waals surface area contributed by atoms with Crippen LogP contribution in [0.2, 0.25) is 0 Å². The highest BCUT2D eigenvalue weighted by molar-refractivity contribution is 4.84. The molecular formula is C13H25NO. The summed E-state index contributed by atoms with van der Waals surface area (Å²) in [5, 5.41) is 0. The van der Waals surface area contributed by atoms with Gasteiger partial charge in [0.25, 0.3) is 0 Å². The van der Waals surface area contributed by atoms with Crippen LogP contribution in [0, 0.1) is 0 Å². The molecule has 0 aliphatic carbocycles. The van der Waals surface area contributed by atoms with Gasteiger partial charge in [0.1, 0.15) is 0 Å². The molecule has 2 bridgehead atoms. The molecule has 0 spiro atoms. The largest absolute Gasteiger partial charge is 0.372 e. The first-order valence-corrected chi connectivity index (χ1v) is 6.76. The average Bonchev–Trinajstić information content (AvgIpc) is 2.58. The zero-order valence-corrected chi connectivity index (χ0v) is 10.1. The molecule has 0 radical (unpaired) electrons. The van der Waals surface area contributed by atoms with Crippen LogP contribution in [0.5, 0.6) is 0 Å². The van der Waals surface area contributed by atoms with E-state index in [1.165, 1.54) is 64.6 Å². The molecule has 0 unspecified atom stereocenters. The van der Waals surface area contributed by atoms with E-state index in [1.807, 2.05) is 0 Å². The number of hydrogen-bond acceptors (Lipinski definition) is 2. The fraction of sp³-hybridized carbons (Fsp3) is 1.00. The number of ether oxygens (including phenoxy) is 1. The van der Waals surface area contributed by atoms with Crippen molar-refractivity contribution in [3.63, 3.8) is 0 Å². The third-order valence-electron chi connectivity index (χ3n) is 3.70. The van der Waals surface area contributed by atoms with Gasteiger partial charge < -0.3 is 4.74 Å². The Morgan fingerprint density at radius 2 is 1.67 bits per heavy atom. The van der Waals surface area contributed by atoms with E-state index in [2.05, 4.69) is 11.8 Å². The fourth-order valence-electron chi connectivity index (χ4n) is 2.82. The molecule has 15 heavy (non-hydrogen) atoms. The molecule has 2 fully saturated rings. The predicted molar refractivity (Wildman–Crippen MR) is 63.1 cm³/mol. The molecule has 0 aromatic carbocycles. The van der Waals surface area contributed by atoms with Gasteiger partial charge in [0.15, 0.2) is 0 Å². The van der Waals surface area contributed by atoms with Gasteiger partial charge in [-0.15, -0.1) is 0 Å². The molecule has 0 aromatic rings. The first kappa shape index (κ1) is 11.4. The van der Waals surface area contributed by atoms with Gasteiger partial charge in [-0.1, -0.05) is 32.6 Å². The van der Waals surface area contributed by atoms with Gasteiger partial charge in [0.05, 0.1) is 12.2 Å². The van der Waals surface area contributed by atoms with Crippen molar-refractivity contribution >= 4 is 0 Å². The van der Waals surface area contributed by atoms with Crippen LogP contribution in [-0.2, 0) is 4.74 Å². The molecule has 0 saturated carbocycles.